The molecule has 5 aromatic rings. The minimum Gasteiger partial charge on any atom is -0.366 e. The van der Waals surface area contributed by atoms with Gasteiger partial charge in [-0.3, -0.25) is 9.78 Å². The van der Waals surface area contributed by atoms with Crippen LogP contribution in [0.5, 0.6) is 0 Å². The Bertz CT molecular complexity index is 1400. The highest BCUT2D eigenvalue weighted by Gasteiger charge is 2.12. The maximum absolute atomic E-state index is 11.0. The van der Waals surface area contributed by atoms with Gasteiger partial charge in [0.2, 0.25) is 5.91 Å². The second-order valence-corrected chi connectivity index (χ2v) is 6.66. The lowest BCUT2D eigenvalue weighted by Crippen LogP contribution is -2.05. The van der Waals surface area contributed by atoms with Gasteiger partial charge in [0, 0.05) is 70.7 Å². The Hall–Kier alpha value is -4.26. The molecular formula is C22H16N6O. The molecule has 0 radical (unpaired) electrons. The van der Waals surface area contributed by atoms with Crippen LogP contribution in [0.25, 0.3) is 50.4 Å². The first-order valence-electron chi connectivity index (χ1n) is 9.01. The summed E-state index contributed by atoms with van der Waals surface area (Å²) in [5.74, 6) is -0.496. The van der Waals surface area contributed by atoms with Crippen LogP contribution < -0.4 is 5.73 Å². The Morgan fingerprint density at radius 2 is 1.79 bits per heavy atom. The average molecular weight is 380 g/mol. The number of pyridine rings is 3. The zero-order chi connectivity index (χ0) is 19.8. The number of hydrogen-bond donors (Lipinski definition) is 3. The number of rotatable bonds is 4. The molecule has 0 bridgehead atoms. The van der Waals surface area contributed by atoms with Gasteiger partial charge in [0.25, 0.3) is 0 Å². The smallest absolute Gasteiger partial charge is 0.241 e. The summed E-state index contributed by atoms with van der Waals surface area (Å²) in [5, 5.41) is 2.06. The zero-order valence-electron chi connectivity index (χ0n) is 15.3. The van der Waals surface area contributed by atoms with Crippen molar-refractivity contribution in [2.45, 2.75) is 0 Å². The largest absolute Gasteiger partial charge is 0.366 e. The van der Waals surface area contributed by atoms with E-state index in [9.17, 15) is 4.79 Å². The van der Waals surface area contributed by atoms with Gasteiger partial charge in [-0.05, 0) is 41.5 Å². The van der Waals surface area contributed by atoms with Crippen LogP contribution in [0.3, 0.4) is 0 Å². The minimum atomic E-state index is -0.496. The van der Waals surface area contributed by atoms with Gasteiger partial charge < -0.3 is 15.7 Å². The molecule has 1 amide bonds. The quantitative estimate of drug-likeness (QED) is 0.413. The van der Waals surface area contributed by atoms with Gasteiger partial charge in [-0.2, -0.15) is 0 Å². The summed E-state index contributed by atoms with van der Waals surface area (Å²) in [4.78, 5) is 30.6. The van der Waals surface area contributed by atoms with Crippen molar-refractivity contribution in [3.63, 3.8) is 0 Å². The number of nitrogens with one attached hydrogen (secondary N) is 2. The summed E-state index contributed by atoms with van der Waals surface area (Å²) in [6.45, 7) is 0. The van der Waals surface area contributed by atoms with Crippen molar-refractivity contribution in [3.8, 4) is 22.3 Å². The average Bonchev–Trinajstić information content (AvgIpc) is 3.38. The Morgan fingerprint density at radius 1 is 0.931 bits per heavy atom. The van der Waals surface area contributed by atoms with Crippen molar-refractivity contribution in [2.75, 3.05) is 0 Å². The lowest BCUT2D eigenvalue weighted by Gasteiger charge is -2.05. The molecule has 0 fully saturated rings. The zero-order valence-corrected chi connectivity index (χ0v) is 15.3. The predicted molar refractivity (Wildman–Crippen MR) is 113 cm³/mol. The number of primary amides is 1. The third-order valence-electron chi connectivity index (χ3n) is 4.81. The molecule has 0 aliphatic rings. The summed E-state index contributed by atoms with van der Waals surface area (Å²) in [6.07, 6.45) is 13.9. The highest BCUT2D eigenvalue weighted by molar-refractivity contribution is 6.03. The number of carbonyl (C=O) groups is 1. The molecule has 29 heavy (non-hydrogen) atoms. The molecule has 4 N–H and O–H groups in total. The third-order valence-corrected chi connectivity index (χ3v) is 4.81. The van der Waals surface area contributed by atoms with Crippen molar-refractivity contribution >= 4 is 34.1 Å². The van der Waals surface area contributed by atoms with Crippen molar-refractivity contribution in [1.29, 1.82) is 0 Å². The molecule has 0 atom stereocenters. The van der Waals surface area contributed by atoms with Crippen LogP contribution in [0.2, 0.25) is 0 Å². The van der Waals surface area contributed by atoms with Gasteiger partial charge in [-0.25, -0.2) is 9.97 Å². The topological polar surface area (TPSA) is 113 Å². The molecule has 0 unspecified atom stereocenters. The lowest BCUT2D eigenvalue weighted by atomic mass is 10.0. The van der Waals surface area contributed by atoms with E-state index in [1.54, 1.807) is 30.9 Å². The first-order valence-corrected chi connectivity index (χ1v) is 9.01. The van der Waals surface area contributed by atoms with E-state index in [0.29, 0.717) is 0 Å². The molecule has 5 heterocycles. The van der Waals surface area contributed by atoms with Crippen molar-refractivity contribution in [2.24, 2.45) is 5.73 Å². The predicted octanol–water partition coefficient (Wildman–Crippen LogP) is 3.67. The van der Waals surface area contributed by atoms with Gasteiger partial charge >= 0.3 is 0 Å². The first kappa shape index (κ1) is 16.9. The van der Waals surface area contributed by atoms with E-state index in [2.05, 4.69) is 31.0 Å². The standard InChI is InChI=1S/C22H16N6O/c23-20(29)2-1-13-7-14(10-24-9-13)15-8-18-19(12-28-22(18)27-11-15)16-3-5-25-21-17(16)4-6-26-21/h1-12H,(H2,23,29)(H,25,26)(H,27,28)/b2-1+. The molecule has 0 saturated heterocycles. The number of amides is 1. The van der Waals surface area contributed by atoms with Crippen LogP contribution >= 0.6 is 0 Å². The Balaban J connectivity index is 1.63. The van der Waals surface area contributed by atoms with Crippen molar-refractivity contribution in [3.05, 3.63) is 73.1 Å². The van der Waals surface area contributed by atoms with Gasteiger partial charge in [0.15, 0.2) is 0 Å². The molecule has 140 valence electrons. The highest BCUT2D eigenvalue weighted by Crippen LogP contribution is 2.34. The number of carbonyl (C=O) groups excluding carboxylic acids is 1. The molecule has 5 aromatic heterocycles. The first-order chi connectivity index (χ1) is 14.2. The van der Waals surface area contributed by atoms with Crippen LogP contribution in [0.15, 0.2) is 67.5 Å². The molecule has 0 aliphatic heterocycles. The lowest BCUT2D eigenvalue weighted by molar-refractivity contribution is -0.113. The van der Waals surface area contributed by atoms with E-state index in [-0.39, 0.29) is 0 Å². The molecule has 0 saturated carbocycles. The SMILES string of the molecule is NC(=O)/C=C/c1cncc(-c2cnc3[nH]cc(-c4ccnc5[nH]ccc45)c3c2)c1. The molecule has 0 aromatic carbocycles. The fourth-order valence-corrected chi connectivity index (χ4v) is 3.46. The summed E-state index contributed by atoms with van der Waals surface area (Å²) in [6, 6.07) is 8.05. The van der Waals surface area contributed by atoms with Gasteiger partial charge in [0.05, 0.1) is 0 Å². The van der Waals surface area contributed by atoms with Gasteiger partial charge in [0.1, 0.15) is 11.3 Å². The Morgan fingerprint density at radius 3 is 2.69 bits per heavy atom. The molecule has 5 rings (SSSR count). The third kappa shape index (κ3) is 3.04. The summed E-state index contributed by atoms with van der Waals surface area (Å²) in [7, 11) is 0. The Kier molecular flexibility index (Phi) is 3.91. The fraction of sp³-hybridized carbons (Fsp3) is 0. The number of fused-ring (bicyclic) bond motifs is 2. The number of aromatic amines is 2. The van der Waals surface area contributed by atoms with Gasteiger partial charge in [-0.15, -0.1) is 0 Å². The summed E-state index contributed by atoms with van der Waals surface area (Å²) < 4.78 is 0. The van der Waals surface area contributed by atoms with Crippen molar-refractivity contribution in [1.82, 2.24) is 24.9 Å². The number of nitrogens with zero attached hydrogens (tertiary/aromatic N) is 3. The molecular weight excluding hydrogens is 364 g/mol. The van der Waals surface area contributed by atoms with Crippen LogP contribution in [0.4, 0.5) is 0 Å². The number of aromatic nitrogens is 5. The maximum Gasteiger partial charge on any atom is 0.241 e. The molecule has 7 nitrogen and oxygen atoms in total. The highest BCUT2D eigenvalue weighted by atomic mass is 16.1. The molecule has 0 spiro atoms. The second kappa shape index (κ2) is 6.72. The molecule has 0 aliphatic carbocycles. The number of nitrogens with two attached hydrogens (primary N) is 1. The van der Waals surface area contributed by atoms with Crippen molar-refractivity contribution < 1.29 is 4.79 Å². The van der Waals surface area contributed by atoms with E-state index in [0.717, 1.165) is 49.9 Å². The monoisotopic (exact) mass is 380 g/mol. The summed E-state index contributed by atoms with van der Waals surface area (Å²) >= 11 is 0. The van der Waals surface area contributed by atoms with E-state index in [1.807, 2.05) is 30.6 Å². The van der Waals surface area contributed by atoms with Gasteiger partial charge in [-0.1, -0.05) is 0 Å². The minimum absolute atomic E-state index is 0.496. The fourth-order valence-electron chi connectivity index (χ4n) is 3.46. The normalized spacial score (nSPS) is 11.6. The maximum atomic E-state index is 11.0. The van der Waals surface area contributed by atoms with Crippen LogP contribution in [0.1, 0.15) is 5.56 Å². The Labute approximate surface area is 165 Å². The van der Waals surface area contributed by atoms with E-state index >= 15 is 0 Å². The van der Waals surface area contributed by atoms with Crippen LogP contribution in [-0.2, 0) is 4.79 Å². The second-order valence-electron chi connectivity index (χ2n) is 6.66. The van der Waals surface area contributed by atoms with E-state index in [1.165, 1.54) is 6.08 Å². The van der Waals surface area contributed by atoms with Crippen LogP contribution in [-0.4, -0.2) is 30.8 Å². The van der Waals surface area contributed by atoms with E-state index < -0.39 is 5.91 Å². The summed E-state index contributed by atoms with van der Waals surface area (Å²) in [5.41, 5.74) is 11.6. The van der Waals surface area contributed by atoms with Crippen LogP contribution in [0, 0.1) is 0 Å². The molecule has 7 heteroatoms. The van der Waals surface area contributed by atoms with E-state index in [4.69, 9.17) is 5.73 Å². The number of H-pyrrole nitrogens is 2. The number of hydrogen-bond acceptors (Lipinski definition) is 4.